The Hall–Kier alpha value is -0.170. The van der Waals surface area contributed by atoms with Gasteiger partial charge < -0.3 is 5.73 Å². The van der Waals surface area contributed by atoms with Gasteiger partial charge in [-0.15, -0.1) is 0 Å². The first-order valence-corrected chi connectivity index (χ1v) is 7.23. The van der Waals surface area contributed by atoms with Gasteiger partial charge in [-0.2, -0.15) is 17.4 Å². The summed E-state index contributed by atoms with van der Waals surface area (Å²) >= 11 is 0. The van der Waals surface area contributed by atoms with Crippen molar-refractivity contribution in [3.63, 3.8) is 0 Å². The molecule has 0 radical (unpaired) electrons. The van der Waals surface area contributed by atoms with E-state index >= 15 is 0 Å². The first-order chi connectivity index (χ1) is 7.28. The van der Waals surface area contributed by atoms with E-state index in [0.717, 1.165) is 19.3 Å². The fourth-order valence-corrected chi connectivity index (χ4v) is 3.73. The molecule has 1 rings (SSSR count). The molecule has 0 aromatic carbocycles. The zero-order chi connectivity index (χ0) is 12.4. The van der Waals surface area contributed by atoms with Gasteiger partial charge in [0, 0.05) is 24.7 Å². The van der Waals surface area contributed by atoms with Crippen LogP contribution >= 0.6 is 0 Å². The maximum Gasteiger partial charge on any atom is 0.280 e. The van der Waals surface area contributed by atoms with Gasteiger partial charge in [-0.3, -0.25) is 0 Å². The number of nitrogens with zero attached hydrogens (tertiary/aromatic N) is 1. The van der Waals surface area contributed by atoms with Crippen LogP contribution < -0.4 is 10.5 Å². The van der Waals surface area contributed by atoms with E-state index in [-0.39, 0.29) is 12.6 Å². The highest BCUT2D eigenvalue weighted by Gasteiger charge is 2.33. The van der Waals surface area contributed by atoms with Crippen LogP contribution in [-0.4, -0.2) is 37.4 Å². The maximum atomic E-state index is 12.1. The summed E-state index contributed by atoms with van der Waals surface area (Å²) in [4.78, 5) is 0. The molecule has 1 aliphatic heterocycles. The molecule has 1 unspecified atom stereocenters. The molecule has 0 spiro atoms. The van der Waals surface area contributed by atoms with Crippen LogP contribution in [-0.2, 0) is 10.2 Å². The monoisotopic (exact) mass is 249 g/mol. The fourth-order valence-electron chi connectivity index (χ4n) is 1.88. The number of hydrogen-bond donors (Lipinski definition) is 2. The molecule has 0 aromatic heterocycles. The van der Waals surface area contributed by atoms with Crippen LogP contribution in [0.5, 0.6) is 0 Å². The normalized spacial score (nSPS) is 24.6. The van der Waals surface area contributed by atoms with Gasteiger partial charge in [0.25, 0.3) is 10.2 Å². The molecule has 16 heavy (non-hydrogen) atoms. The molecule has 6 heteroatoms. The zero-order valence-electron chi connectivity index (χ0n) is 10.4. The largest absolute Gasteiger partial charge is 0.329 e. The van der Waals surface area contributed by atoms with Gasteiger partial charge in [-0.25, -0.2) is 0 Å². The summed E-state index contributed by atoms with van der Waals surface area (Å²) in [5.41, 5.74) is 4.94. The van der Waals surface area contributed by atoms with E-state index in [9.17, 15) is 8.42 Å². The van der Waals surface area contributed by atoms with Crippen molar-refractivity contribution >= 4 is 10.2 Å². The van der Waals surface area contributed by atoms with Gasteiger partial charge in [0.05, 0.1) is 0 Å². The minimum atomic E-state index is -3.40. The summed E-state index contributed by atoms with van der Waals surface area (Å²) < 4.78 is 28.5. The predicted molar refractivity (Wildman–Crippen MR) is 65.2 cm³/mol. The first kappa shape index (κ1) is 13.9. The molecule has 96 valence electrons. The van der Waals surface area contributed by atoms with E-state index in [0.29, 0.717) is 6.54 Å². The Balaban J connectivity index is 2.77. The lowest BCUT2D eigenvalue weighted by molar-refractivity contribution is 0.260. The van der Waals surface area contributed by atoms with Crippen molar-refractivity contribution in [2.75, 3.05) is 13.1 Å². The highest BCUT2D eigenvalue weighted by atomic mass is 32.2. The predicted octanol–water partition coefficient (Wildman–Crippen LogP) is 0.433. The van der Waals surface area contributed by atoms with E-state index < -0.39 is 15.7 Å². The van der Waals surface area contributed by atoms with E-state index in [1.807, 2.05) is 6.92 Å². The van der Waals surface area contributed by atoms with Crippen LogP contribution in [0, 0.1) is 0 Å². The summed E-state index contributed by atoms with van der Waals surface area (Å²) in [6, 6.07) is 0.0832. The van der Waals surface area contributed by atoms with Crippen molar-refractivity contribution in [2.45, 2.75) is 51.6 Å². The van der Waals surface area contributed by atoms with E-state index in [4.69, 9.17) is 5.73 Å². The quantitative estimate of drug-likeness (QED) is 0.759. The molecule has 1 aliphatic rings. The summed E-state index contributed by atoms with van der Waals surface area (Å²) in [7, 11) is -3.40. The minimum absolute atomic E-state index is 0.0832. The van der Waals surface area contributed by atoms with E-state index in [2.05, 4.69) is 4.72 Å². The molecule has 1 saturated heterocycles. The number of rotatable bonds is 4. The third-order valence-electron chi connectivity index (χ3n) is 2.97. The topological polar surface area (TPSA) is 75.4 Å². The Kier molecular flexibility index (Phi) is 4.34. The minimum Gasteiger partial charge on any atom is -0.329 e. The Bertz CT molecular complexity index is 327. The van der Waals surface area contributed by atoms with Crippen LogP contribution in [0.25, 0.3) is 0 Å². The lowest BCUT2D eigenvalue weighted by atomic mass is 10.1. The summed E-state index contributed by atoms with van der Waals surface area (Å²) in [5.74, 6) is 0. The molecule has 5 nitrogen and oxygen atoms in total. The van der Waals surface area contributed by atoms with Gasteiger partial charge >= 0.3 is 0 Å². The van der Waals surface area contributed by atoms with Gasteiger partial charge in [0.2, 0.25) is 0 Å². The molecular formula is C10H23N3O2S. The summed E-state index contributed by atoms with van der Waals surface area (Å²) in [5, 5.41) is 0. The van der Waals surface area contributed by atoms with Crippen LogP contribution in [0.2, 0.25) is 0 Å². The van der Waals surface area contributed by atoms with Gasteiger partial charge in [-0.05, 0) is 33.6 Å². The average molecular weight is 249 g/mol. The molecule has 1 heterocycles. The Morgan fingerprint density at radius 2 is 2.06 bits per heavy atom. The average Bonchev–Trinajstić information content (AvgIpc) is 2.16. The summed E-state index contributed by atoms with van der Waals surface area (Å²) in [6.07, 6.45) is 2.98. The van der Waals surface area contributed by atoms with Gasteiger partial charge in [0.1, 0.15) is 0 Å². The molecule has 0 aromatic rings. The Morgan fingerprint density at radius 3 is 2.56 bits per heavy atom. The van der Waals surface area contributed by atoms with Crippen LogP contribution in [0.3, 0.4) is 0 Å². The fraction of sp³-hybridized carbons (Fsp3) is 1.00. The van der Waals surface area contributed by atoms with Gasteiger partial charge in [0.15, 0.2) is 0 Å². The van der Waals surface area contributed by atoms with Crippen molar-refractivity contribution in [1.29, 1.82) is 0 Å². The Morgan fingerprint density at radius 1 is 1.44 bits per heavy atom. The van der Waals surface area contributed by atoms with Gasteiger partial charge in [-0.1, -0.05) is 6.42 Å². The van der Waals surface area contributed by atoms with E-state index in [1.54, 1.807) is 18.2 Å². The molecule has 1 fully saturated rings. The molecule has 1 atom stereocenters. The SMILES string of the molecule is CC1CCCCN1S(=O)(=O)NC(C)(C)CN. The van der Waals surface area contributed by atoms with Crippen molar-refractivity contribution in [3.8, 4) is 0 Å². The third-order valence-corrected chi connectivity index (χ3v) is 4.94. The van der Waals surface area contributed by atoms with Crippen molar-refractivity contribution < 1.29 is 8.42 Å². The van der Waals surface area contributed by atoms with Crippen LogP contribution in [0.1, 0.15) is 40.0 Å². The third kappa shape index (κ3) is 3.41. The highest BCUT2D eigenvalue weighted by Crippen LogP contribution is 2.20. The molecule has 0 saturated carbocycles. The summed E-state index contributed by atoms with van der Waals surface area (Å²) in [6.45, 7) is 6.43. The Labute approximate surface area is 98.6 Å². The van der Waals surface area contributed by atoms with Crippen LogP contribution in [0.15, 0.2) is 0 Å². The zero-order valence-corrected chi connectivity index (χ0v) is 11.2. The van der Waals surface area contributed by atoms with Crippen LogP contribution in [0.4, 0.5) is 0 Å². The van der Waals surface area contributed by atoms with E-state index in [1.165, 1.54) is 0 Å². The van der Waals surface area contributed by atoms with Crippen molar-refractivity contribution in [2.24, 2.45) is 5.73 Å². The first-order valence-electron chi connectivity index (χ1n) is 5.79. The highest BCUT2D eigenvalue weighted by molar-refractivity contribution is 7.87. The standard InChI is InChI=1S/C10H23N3O2S/c1-9-6-4-5-7-13(9)16(14,15)12-10(2,3)8-11/h9,12H,4-8,11H2,1-3H3. The smallest absolute Gasteiger partial charge is 0.280 e. The molecular weight excluding hydrogens is 226 g/mol. The maximum absolute atomic E-state index is 12.1. The number of nitrogens with one attached hydrogen (secondary N) is 1. The second-order valence-electron chi connectivity index (χ2n) is 5.15. The second kappa shape index (κ2) is 5.00. The van der Waals surface area contributed by atoms with Crippen molar-refractivity contribution in [3.05, 3.63) is 0 Å². The molecule has 3 N–H and O–H groups in total. The van der Waals surface area contributed by atoms with Crippen molar-refractivity contribution in [1.82, 2.24) is 9.03 Å². The molecule has 0 amide bonds. The lowest BCUT2D eigenvalue weighted by Crippen LogP contribution is -2.56. The lowest BCUT2D eigenvalue weighted by Gasteiger charge is -2.35. The number of nitrogens with two attached hydrogens (primary N) is 1. The number of hydrogen-bond acceptors (Lipinski definition) is 3. The number of piperidine rings is 1. The molecule has 0 bridgehead atoms. The molecule has 0 aliphatic carbocycles. The second-order valence-corrected chi connectivity index (χ2v) is 6.77.